The van der Waals surface area contributed by atoms with Gasteiger partial charge in [0.05, 0.1) is 5.56 Å². The molecule has 0 aromatic heterocycles. The molecule has 0 aliphatic carbocycles. The van der Waals surface area contributed by atoms with Gasteiger partial charge in [-0.1, -0.05) is 6.07 Å². The summed E-state index contributed by atoms with van der Waals surface area (Å²) in [4.78, 5) is 11.3. The van der Waals surface area contributed by atoms with E-state index >= 15 is 0 Å². The van der Waals surface area contributed by atoms with E-state index in [1.807, 2.05) is 0 Å². The molecule has 0 spiro atoms. The molecule has 0 unspecified atom stereocenters. The number of benzene rings is 1. The minimum atomic E-state index is -4.39. The minimum Gasteiger partial charge on any atom is -0.467 e. The molecule has 1 aromatic carbocycles. The highest BCUT2D eigenvalue weighted by Gasteiger charge is 2.27. The Morgan fingerprint density at radius 1 is 1.33 bits per heavy atom. The number of hydrogen-bond acceptors (Lipinski definition) is 3. The third kappa shape index (κ3) is 4.75. The van der Waals surface area contributed by atoms with Gasteiger partial charge in [0.15, 0.2) is 12.6 Å². The van der Waals surface area contributed by atoms with Crippen molar-refractivity contribution in [2.45, 2.75) is 20.0 Å². The van der Waals surface area contributed by atoms with Crippen molar-refractivity contribution in [2.24, 2.45) is 0 Å². The van der Waals surface area contributed by atoms with Crippen LogP contribution in [-0.4, -0.2) is 25.4 Å². The highest BCUT2D eigenvalue weighted by atomic mass is 19.4. The maximum Gasteiger partial charge on any atom is 0.411 e. The van der Waals surface area contributed by atoms with Crippen LogP contribution in [0.3, 0.4) is 0 Å². The fourth-order valence-corrected chi connectivity index (χ4v) is 1.30. The number of Topliss-reactive ketones (excluding diaryl/α,β-unsaturated/α-hetero) is 1. The van der Waals surface area contributed by atoms with Crippen LogP contribution in [0.2, 0.25) is 0 Å². The topological polar surface area (TPSA) is 35.5 Å². The average Bonchev–Trinajstić information content (AvgIpc) is 2.22. The van der Waals surface area contributed by atoms with Crippen molar-refractivity contribution in [3.63, 3.8) is 0 Å². The van der Waals surface area contributed by atoms with Crippen LogP contribution < -0.4 is 4.74 Å². The zero-order chi connectivity index (χ0) is 13.8. The Hall–Kier alpha value is -1.56. The van der Waals surface area contributed by atoms with Gasteiger partial charge >= 0.3 is 6.18 Å². The molecule has 0 fully saturated rings. The third-order valence-electron chi connectivity index (χ3n) is 2.08. The van der Waals surface area contributed by atoms with Crippen LogP contribution in [0.5, 0.6) is 5.75 Å². The molecule has 1 rings (SSSR count). The first-order valence-corrected chi connectivity index (χ1v) is 5.18. The van der Waals surface area contributed by atoms with Crippen LogP contribution >= 0.6 is 0 Å². The molecule has 0 aliphatic rings. The number of ketones is 1. The van der Waals surface area contributed by atoms with E-state index in [9.17, 15) is 18.0 Å². The Kier molecular flexibility index (Phi) is 4.72. The summed E-state index contributed by atoms with van der Waals surface area (Å²) in [5.41, 5.74) is 1.15. The highest BCUT2D eigenvalue weighted by Crippen LogP contribution is 2.21. The molecule has 0 aliphatic heterocycles. The number of hydrogen-bond donors (Lipinski definition) is 0. The Morgan fingerprint density at radius 2 is 2.00 bits per heavy atom. The Morgan fingerprint density at radius 3 is 2.56 bits per heavy atom. The predicted molar refractivity (Wildman–Crippen MR) is 58.7 cm³/mol. The number of ether oxygens (including phenoxy) is 2. The van der Waals surface area contributed by atoms with Crippen LogP contribution in [0.25, 0.3) is 0 Å². The molecule has 0 saturated heterocycles. The van der Waals surface area contributed by atoms with Crippen molar-refractivity contribution in [2.75, 3.05) is 13.4 Å². The lowest BCUT2D eigenvalue weighted by molar-refractivity contribution is -0.186. The molecule has 0 heterocycles. The monoisotopic (exact) mass is 262 g/mol. The fourth-order valence-electron chi connectivity index (χ4n) is 1.30. The van der Waals surface area contributed by atoms with E-state index in [2.05, 4.69) is 4.74 Å². The number of carbonyl (C=O) groups excluding carboxylic acids is 1. The average molecular weight is 262 g/mol. The van der Waals surface area contributed by atoms with Crippen molar-refractivity contribution >= 4 is 5.78 Å². The molecule has 1 aromatic rings. The van der Waals surface area contributed by atoms with Crippen molar-refractivity contribution in [3.8, 4) is 5.75 Å². The normalized spacial score (nSPS) is 11.4. The van der Waals surface area contributed by atoms with Crippen LogP contribution in [0.4, 0.5) is 13.2 Å². The van der Waals surface area contributed by atoms with Gasteiger partial charge in [0, 0.05) is 0 Å². The number of alkyl halides is 3. The third-order valence-corrected chi connectivity index (χ3v) is 2.08. The largest absolute Gasteiger partial charge is 0.467 e. The second kappa shape index (κ2) is 5.86. The number of halogens is 3. The van der Waals surface area contributed by atoms with Crippen LogP contribution in [0, 0.1) is 6.92 Å². The molecule has 100 valence electrons. The van der Waals surface area contributed by atoms with Gasteiger partial charge in [0.2, 0.25) is 0 Å². The highest BCUT2D eigenvalue weighted by molar-refractivity contribution is 5.96. The SMILES string of the molecule is CC(=O)c1ccc(C)cc1OCOCC(F)(F)F. The maximum atomic E-state index is 11.8. The first-order chi connectivity index (χ1) is 8.29. The minimum absolute atomic E-state index is 0.221. The maximum absolute atomic E-state index is 11.8. The summed E-state index contributed by atoms with van der Waals surface area (Å²) in [5.74, 6) is 0.00509. The number of aryl methyl sites for hydroxylation is 1. The molecule has 0 bridgehead atoms. The van der Waals surface area contributed by atoms with Gasteiger partial charge in [-0.15, -0.1) is 0 Å². The fraction of sp³-hybridized carbons (Fsp3) is 0.417. The summed E-state index contributed by atoms with van der Waals surface area (Å²) in [6.07, 6.45) is -4.39. The van der Waals surface area contributed by atoms with Gasteiger partial charge < -0.3 is 9.47 Å². The summed E-state index contributed by atoms with van der Waals surface area (Å²) >= 11 is 0. The van der Waals surface area contributed by atoms with E-state index in [4.69, 9.17) is 4.74 Å². The second-order valence-electron chi connectivity index (χ2n) is 3.78. The molecular weight excluding hydrogens is 249 g/mol. The first-order valence-electron chi connectivity index (χ1n) is 5.18. The van der Waals surface area contributed by atoms with E-state index in [0.29, 0.717) is 5.56 Å². The molecule has 0 saturated carbocycles. The summed E-state index contributed by atoms with van der Waals surface area (Å²) < 4.78 is 44.8. The first kappa shape index (κ1) is 14.5. The van der Waals surface area contributed by atoms with Crippen molar-refractivity contribution < 1.29 is 27.4 Å². The van der Waals surface area contributed by atoms with E-state index in [1.165, 1.54) is 6.92 Å². The van der Waals surface area contributed by atoms with Crippen LogP contribution in [0.1, 0.15) is 22.8 Å². The summed E-state index contributed by atoms with van der Waals surface area (Å²) in [5, 5.41) is 0. The number of carbonyl (C=O) groups is 1. The summed E-state index contributed by atoms with van der Waals surface area (Å²) in [6.45, 7) is 1.21. The zero-order valence-electron chi connectivity index (χ0n) is 10.0. The van der Waals surface area contributed by atoms with Crippen molar-refractivity contribution in [1.29, 1.82) is 0 Å². The zero-order valence-corrected chi connectivity index (χ0v) is 10.0. The van der Waals surface area contributed by atoms with Crippen molar-refractivity contribution in [3.05, 3.63) is 29.3 Å². The lowest BCUT2D eigenvalue weighted by atomic mass is 10.1. The quantitative estimate of drug-likeness (QED) is 0.464. The second-order valence-corrected chi connectivity index (χ2v) is 3.78. The lowest BCUT2D eigenvalue weighted by Gasteiger charge is -2.12. The summed E-state index contributed by atoms with van der Waals surface area (Å²) in [6, 6.07) is 4.87. The van der Waals surface area contributed by atoms with Gasteiger partial charge in [0.1, 0.15) is 12.4 Å². The standard InChI is InChI=1S/C12H13F3O3/c1-8-3-4-10(9(2)16)11(5-8)18-7-17-6-12(13,14)15/h3-5H,6-7H2,1-2H3. The lowest BCUT2D eigenvalue weighted by Crippen LogP contribution is -2.19. The molecular formula is C12H13F3O3. The van der Waals surface area contributed by atoms with Gasteiger partial charge in [-0.25, -0.2) is 0 Å². The van der Waals surface area contributed by atoms with Crippen LogP contribution in [-0.2, 0) is 4.74 Å². The van der Waals surface area contributed by atoms with E-state index in [-0.39, 0.29) is 11.5 Å². The molecule has 18 heavy (non-hydrogen) atoms. The summed E-state index contributed by atoms with van der Waals surface area (Å²) in [7, 11) is 0. The van der Waals surface area contributed by atoms with E-state index in [0.717, 1.165) is 5.56 Å². The Bertz CT molecular complexity index is 427. The molecule has 0 N–H and O–H groups in total. The Balaban J connectivity index is 2.61. The van der Waals surface area contributed by atoms with Gasteiger partial charge in [-0.05, 0) is 31.5 Å². The van der Waals surface area contributed by atoms with Gasteiger partial charge in [-0.3, -0.25) is 4.79 Å². The van der Waals surface area contributed by atoms with Crippen molar-refractivity contribution in [1.82, 2.24) is 0 Å². The van der Waals surface area contributed by atoms with E-state index in [1.54, 1.807) is 25.1 Å². The predicted octanol–water partition coefficient (Wildman–Crippen LogP) is 3.11. The molecule has 0 amide bonds. The molecule has 6 heteroatoms. The molecule has 0 radical (unpaired) electrons. The van der Waals surface area contributed by atoms with E-state index < -0.39 is 19.6 Å². The van der Waals surface area contributed by atoms with Crippen LogP contribution in [0.15, 0.2) is 18.2 Å². The smallest absolute Gasteiger partial charge is 0.411 e. The Labute approximate surface area is 103 Å². The molecule has 3 nitrogen and oxygen atoms in total. The van der Waals surface area contributed by atoms with Gasteiger partial charge in [0.25, 0.3) is 0 Å². The van der Waals surface area contributed by atoms with Gasteiger partial charge in [-0.2, -0.15) is 13.2 Å². The molecule has 0 atom stereocenters. The number of rotatable bonds is 5.